The SMILES string of the molecule is CCNC(=O)c1cn(CC(F)CCc2nnc(NC(=O)CC3=CC=CC(OC(F)(F)F)C3C)s2)nn1. The number of alkyl halides is 4. The van der Waals surface area contributed by atoms with Gasteiger partial charge in [0.1, 0.15) is 11.2 Å². The largest absolute Gasteiger partial charge is 0.523 e. The summed E-state index contributed by atoms with van der Waals surface area (Å²) < 4.78 is 57.4. The number of anilines is 1. The second kappa shape index (κ2) is 12.2. The van der Waals surface area contributed by atoms with Crippen molar-refractivity contribution in [2.24, 2.45) is 5.92 Å². The highest BCUT2D eigenvalue weighted by Crippen LogP contribution is 2.31. The Bertz CT molecular complexity index is 1120. The third-order valence-electron chi connectivity index (χ3n) is 5.20. The third kappa shape index (κ3) is 8.19. The fraction of sp³-hybridized carbons (Fsp3) is 0.524. The zero-order chi connectivity index (χ0) is 26.3. The summed E-state index contributed by atoms with van der Waals surface area (Å²) in [5, 5.41) is 21.1. The van der Waals surface area contributed by atoms with Crippen LogP contribution in [0.25, 0.3) is 0 Å². The van der Waals surface area contributed by atoms with Crippen molar-refractivity contribution in [3.63, 3.8) is 0 Å². The predicted octanol–water partition coefficient (Wildman–Crippen LogP) is 3.22. The number of carbonyl (C=O) groups excluding carboxylic acids is 2. The van der Waals surface area contributed by atoms with Crippen molar-refractivity contribution >= 4 is 28.3 Å². The number of nitrogens with zero attached hydrogens (tertiary/aromatic N) is 5. The van der Waals surface area contributed by atoms with Crippen LogP contribution >= 0.6 is 11.3 Å². The van der Waals surface area contributed by atoms with Gasteiger partial charge in [0, 0.05) is 25.3 Å². The van der Waals surface area contributed by atoms with Crippen LogP contribution in [0.15, 0.2) is 30.0 Å². The average molecular weight is 532 g/mol. The quantitative estimate of drug-likeness (QED) is 0.427. The minimum Gasteiger partial charge on any atom is -0.351 e. The lowest BCUT2D eigenvalue weighted by molar-refractivity contribution is -0.340. The molecule has 196 valence electrons. The normalized spacial score (nSPS) is 18.6. The Morgan fingerprint density at radius 2 is 2.06 bits per heavy atom. The average Bonchev–Trinajstić information content (AvgIpc) is 3.44. The van der Waals surface area contributed by atoms with E-state index < -0.39 is 30.5 Å². The fourth-order valence-electron chi connectivity index (χ4n) is 3.40. The van der Waals surface area contributed by atoms with Gasteiger partial charge in [-0.3, -0.25) is 14.3 Å². The van der Waals surface area contributed by atoms with Crippen molar-refractivity contribution in [3.8, 4) is 0 Å². The van der Waals surface area contributed by atoms with E-state index in [1.54, 1.807) is 19.9 Å². The Labute approximate surface area is 207 Å². The Hall–Kier alpha value is -3.20. The number of amides is 2. The van der Waals surface area contributed by atoms with Gasteiger partial charge in [0.2, 0.25) is 11.0 Å². The van der Waals surface area contributed by atoms with Crippen LogP contribution in [0.3, 0.4) is 0 Å². The summed E-state index contributed by atoms with van der Waals surface area (Å²) in [4.78, 5) is 24.1. The molecule has 2 N–H and O–H groups in total. The number of nitrogens with one attached hydrogen (secondary N) is 2. The maximum Gasteiger partial charge on any atom is 0.523 e. The molecule has 0 aliphatic heterocycles. The monoisotopic (exact) mass is 531 g/mol. The van der Waals surface area contributed by atoms with Crippen LogP contribution in [0.2, 0.25) is 0 Å². The van der Waals surface area contributed by atoms with Gasteiger partial charge in [0.15, 0.2) is 5.69 Å². The van der Waals surface area contributed by atoms with Crippen LogP contribution < -0.4 is 10.6 Å². The van der Waals surface area contributed by atoms with Crippen LogP contribution in [0, 0.1) is 5.92 Å². The molecule has 36 heavy (non-hydrogen) atoms. The van der Waals surface area contributed by atoms with E-state index in [4.69, 9.17) is 0 Å². The van der Waals surface area contributed by atoms with Crippen molar-refractivity contribution in [1.82, 2.24) is 30.5 Å². The van der Waals surface area contributed by atoms with Crippen molar-refractivity contribution in [3.05, 3.63) is 40.7 Å². The Balaban J connectivity index is 1.44. The van der Waals surface area contributed by atoms with E-state index >= 15 is 0 Å². The molecule has 2 aromatic rings. The van der Waals surface area contributed by atoms with E-state index in [0.717, 1.165) is 11.3 Å². The molecule has 10 nitrogen and oxygen atoms in total. The highest BCUT2D eigenvalue weighted by molar-refractivity contribution is 7.15. The minimum atomic E-state index is -4.78. The van der Waals surface area contributed by atoms with Crippen LogP contribution in [0.4, 0.5) is 22.7 Å². The first-order valence-electron chi connectivity index (χ1n) is 11.1. The lowest BCUT2D eigenvalue weighted by atomic mass is 9.88. The van der Waals surface area contributed by atoms with Crippen LogP contribution in [-0.4, -0.2) is 62.2 Å². The molecule has 2 heterocycles. The minimum absolute atomic E-state index is 0.0877. The maximum absolute atomic E-state index is 14.4. The fourth-order valence-corrected chi connectivity index (χ4v) is 4.18. The summed E-state index contributed by atoms with van der Waals surface area (Å²) in [6.07, 6.45) is -1.37. The summed E-state index contributed by atoms with van der Waals surface area (Å²) in [7, 11) is 0. The molecular weight excluding hydrogens is 506 g/mol. The van der Waals surface area contributed by atoms with Gasteiger partial charge in [-0.25, -0.2) is 9.07 Å². The number of aromatic nitrogens is 5. The van der Waals surface area contributed by atoms with E-state index in [1.165, 1.54) is 23.0 Å². The molecule has 0 radical (unpaired) electrons. The highest BCUT2D eigenvalue weighted by Gasteiger charge is 2.36. The smallest absolute Gasteiger partial charge is 0.351 e. The second-order valence-corrected chi connectivity index (χ2v) is 9.05. The van der Waals surface area contributed by atoms with Gasteiger partial charge in [0.25, 0.3) is 5.91 Å². The van der Waals surface area contributed by atoms with E-state index in [1.807, 2.05) is 0 Å². The lowest BCUT2D eigenvalue weighted by Gasteiger charge is -2.27. The van der Waals surface area contributed by atoms with E-state index in [9.17, 15) is 27.2 Å². The second-order valence-electron chi connectivity index (χ2n) is 7.99. The Morgan fingerprint density at radius 1 is 1.28 bits per heavy atom. The number of halogens is 4. The van der Waals surface area contributed by atoms with Crippen molar-refractivity contribution < 1.29 is 31.9 Å². The van der Waals surface area contributed by atoms with Gasteiger partial charge in [-0.1, -0.05) is 47.3 Å². The van der Waals surface area contributed by atoms with Gasteiger partial charge < -0.3 is 10.6 Å². The van der Waals surface area contributed by atoms with Crippen molar-refractivity contribution in [2.75, 3.05) is 11.9 Å². The van der Waals surface area contributed by atoms with Gasteiger partial charge in [-0.2, -0.15) is 0 Å². The standard InChI is InChI=1S/C21H25F4N7O3S/c1-3-26-19(34)15-11-32(31-28-15)10-14(22)7-8-18-29-30-20(36-18)27-17(33)9-13-5-4-6-16(12(13)2)35-21(23,24)25/h4-6,11-12,14,16H,3,7-10H2,1-2H3,(H,26,34)(H,27,30,33). The molecule has 1 aliphatic carbocycles. The number of aryl methyl sites for hydroxylation is 1. The van der Waals surface area contributed by atoms with Gasteiger partial charge in [-0.05, 0) is 13.3 Å². The predicted molar refractivity (Wildman–Crippen MR) is 122 cm³/mol. The number of ether oxygens (including phenoxy) is 1. The van der Waals surface area contributed by atoms with Gasteiger partial charge >= 0.3 is 6.36 Å². The first-order chi connectivity index (χ1) is 17.0. The molecule has 2 aromatic heterocycles. The molecule has 15 heteroatoms. The highest BCUT2D eigenvalue weighted by atomic mass is 32.1. The number of hydrogen-bond acceptors (Lipinski definition) is 8. The molecule has 3 rings (SSSR count). The summed E-state index contributed by atoms with van der Waals surface area (Å²) >= 11 is 1.08. The zero-order valence-electron chi connectivity index (χ0n) is 19.5. The third-order valence-corrected chi connectivity index (χ3v) is 6.10. The first-order valence-corrected chi connectivity index (χ1v) is 11.9. The molecule has 0 saturated heterocycles. The molecule has 0 aromatic carbocycles. The molecule has 0 fully saturated rings. The molecule has 0 bridgehead atoms. The first kappa shape index (κ1) is 27.4. The van der Waals surface area contributed by atoms with E-state index in [-0.39, 0.29) is 42.5 Å². The summed E-state index contributed by atoms with van der Waals surface area (Å²) in [6, 6.07) is 0. The number of allylic oxidation sites excluding steroid dienone is 2. The van der Waals surface area contributed by atoms with E-state index in [0.29, 0.717) is 17.1 Å². The van der Waals surface area contributed by atoms with Crippen molar-refractivity contribution in [2.45, 2.75) is 58.3 Å². The van der Waals surface area contributed by atoms with Crippen LogP contribution in [0.1, 0.15) is 42.2 Å². The zero-order valence-corrected chi connectivity index (χ0v) is 20.3. The van der Waals surface area contributed by atoms with E-state index in [2.05, 4.69) is 35.9 Å². The summed E-state index contributed by atoms with van der Waals surface area (Å²) in [6.45, 7) is 3.67. The number of carbonyl (C=O) groups is 2. The van der Waals surface area contributed by atoms with Crippen LogP contribution in [-0.2, 0) is 22.5 Å². The molecular formula is C21H25F4N7O3S. The van der Waals surface area contributed by atoms with Crippen molar-refractivity contribution in [1.29, 1.82) is 0 Å². The molecule has 3 atom stereocenters. The lowest BCUT2D eigenvalue weighted by Crippen LogP contribution is -2.31. The topological polar surface area (TPSA) is 124 Å². The molecule has 0 spiro atoms. The number of hydrogen-bond donors (Lipinski definition) is 2. The molecule has 2 amide bonds. The van der Waals surface area contributed by atoms with Gasteiger partial charge in [-0.15, -0.1) is 28.5 Å². The summed E-state index contributed by atoms with van der Waals surface area (Å²) in [5.41, 5.74) is 0.587. The Morgan fingerprint density at radius 3 is 2.78 bits per heavy atom. The maximum atomic E-state index is 14.4. The van der Waals surface area contributed by atoms with Crippen LogP contribution in [0.5, 0.6) is 0 Å². The molecule has 0 saturated carbocycles. The number of rotatable bonds is 11. The Kier molecular flexibility index (Phi) is 9.25. The summed E-state index contributed by atoms with van der Waals surface area (Å²) in [5.74, 6) is -1.49. The molecule has 3 unspecified atom stereocenters. The van der Waals surface area contributed by atoms with Gasteiger partial charge in [0.05, 0.1) is 18.8 Å². The molecule has 1 aliphatic rings.